The van der Waals surface area contributed by atoms with E-state index in [9.17, 15) is 9.59 Å². The maximum absolute atomic E-state index is 11.7. The zero-order valence-corrected chi connectivity index (χ0v) is 10.8. The van der Waals surface area contributed by atoms with Gasteiger partial charge < -0.3 is 10.4 Å². The first-order valence-electron chi connectivity index (χ1n) is 6.42. The van der Waals surface area contributed by atoms with Crippen LogP contribution in [0, 0.1) is 5.92 Å². The van der Waals surface area contributed by atoms with Gasteiger partial charge in [0.05, 0.1) is 5.92 Å². The minimum atomic E-state index is -0.786. The minimum absolute atomic E-state index is 0.0747. The molecular weight excluding hydrogens is 248 g/mol. The van der Waals surface area contributed by atoms with Crippen LogP contribution in [0.3, 0.4) is 0 Å². The number of aliphatic carboxylic acids is 1. The molecule has 0 bridgehead atoms. The predicted octanol–water partition coefficient (Wildman–Crippen LogP) is 1.28. The number of anilines is 1. The van der Waals surface area contributed by atoms with Gasteiger partial charge in [-0.1, -0.05) is 0 Å². The molecule has 0 spiro atoms. The van der Waals surface area contributed by atoms with Crippen LogP contribution in [-0.4, -0.2) is 32.9 Å². The summed E-state index contributed by atoms with van der Waals surface area (Å²) in [6, 6.07) is 1.31. The highest BCUT2D eigenvalue weighted by atomic mass is 16.4. The van der Waals surface area contributed by atoms with Crippen molar-refractivity contribution in [3.63, 3.8) is 0 Å². The topological polar surface area (TPSA) is 96.2 Å². The molecule has 1 saturated carbocycles. The van der Waals surface area contributed by atoms with Gasteiger partial charge in [0.2, 0.25) is 0 Å². The van der Waals surface area contributed by atoms with E-state index in [0.29, 0.717) is 25.1 Å². The van der Waals surface area contributed by atoms with Gasteiger partial charge in [0.25, 0.3) is 0 Å². The maximum atomic E-state index is 11.7. The SMILES string of the molecule is CCn1ccc(NC(=O)NC2CCC(C(=O)O)C2)n1. The molecule has 0 aromatic carbocycles. The van der Waals surface area contributed by atoms with Gasteiger partial charge >= 0.3 is 12.0 Å². The second-order valence-electron chi connectivity index (χ2n) is 4.70. The number of nitrogens with one attached hydrogen (secondary N) is 2. The fourth-order valence-electron chi connectivity index (χ4n) is 2.28. The highest BCUT2D eigenvalue weighted by Gasteiger charge is 2.30. The first-order valence-corrected chi connectivity index (χ1v) is 6.42. The molecule has 0 aliphatic heterocycles. The summed E-state index contributed by atoms with van der Waals surface area (Å²) in [5.41, 5.74) is 0. The van der Waals surface area contributed by atoms with Crippen molar-refractivity contribution in [2.24, 2.45) is 5.92 Å². The Balaban J connectivity index is 1.80. The smallest absolute Gasteiger partial charge is 0.320 e. The average Bonchev–Trinajstić information content (AvgIpc) is 2.98. The van der Waals surface area contributed by atoms with Gasteiger partial charge in [0.15, 0.2) is 5.82 Å². The number of carboxylic acid groups (broad SMARTS) is 1. The van der Waals surface area contributed by atoms with Crippen LogP contribution in [0.15, 0.2) is 12.3 Å². The summed E-state index contributed by atoms with van der Waals surface area (Å²) >= 11 is 0. The van der Waals surface area contributed by atoms with Gasteiger partial charge in [0.1, 0.15) is 0 Å². The highest BCUT2D eigenvalue weighted by molar-refractivity contribution is 5.88. The predicted molar refractivity (Wildman–Crippen MR) is 68.8 cm³/mol. The summed E-state index contributed by atoms with van der Waals surface area (Å²) in [5, 5.41) is 18.4. The van der Waals surface area contributed by atoms with E-state index in [1.54, 1.807) is 16.9 Å². The van der Waals surface area contributed by atoms with E-state index < -0.39 is 5.97 Å². The first kappa shape index (κ1) is 13.4. The van der Waals surface area contributed by atoms with E-state index in [2.05, 4.69) is 15.7 Å². The van der Waals surface area contributed by atoms with Crippen LogP contribution >= 0.6 is 0 Å². The van der Waals surface area contributed by atoms with Crippen molar-refractivity contribution in [2.45, 2.75) is 38.8 Å². The molecule has 2 unspecified atom stereocenters. The Kier molecular flexibility index (Phi) is 4.03. The average molecular weight is 266 g/mol. The van der Waals surface area contributed by atoms with Crippen molar-refractivity contribution < 1.29 is 14.7 Å². The molecule has 1 aromatic heterocycles. The second-order valence-corrected chi connectivity index (χ2v) is 4.70. The van der Waals surface area contributed by atoms with E-state index in [4.69, 9.17) is 5.11 Å². The Hall–Kier alpha value is -2.05. The third-order valence-electron chi connectivity index (χ3n) is 3.32. The van der Waals surface area contributed by atoms with Gasteiger partial charge in [-0.3, -0.25) is 14.8 Å². The Labute approximate surface area is 111 Å². The lowest BCUT2D eigenvalue weighted by Crippen LogP contribution is -2.36. The zero-order chi connectivity index (χ0) is 13.8. The van der Waals surface area contributed by atoms with Crippen LogP contribution in [0.5, 0.6) is 0 Å². The number of carbonyl (C=O) groups is 2. The molecule has 0 saturated heterocycles. The summed E-state index contributed by atoms with van der Waals surface area (Å²) < 4.78 is 1.71. The van der Waals surface area contributed by atoms with Crippen LogP contribution in [0.2, 0.25) is 0 Å². The molecule has 1 aliphatic rings. The number of aromatic nitrogens is 2. The van der Waals surface area contributed by atoms with Crippen LogP contribution in [-0.2, 0) is 11.3 Å². The Morgan fingerprint density at radius 3 is 2.89 bits per heavy atom. The third kappa shape index (κ3) is 3.46. The number of nitrogens with zero attached hydrogens (tertiary/aromatic N) is 2. The first-order chi connectivity index (χ1) is 9.08. The Morgan fingerprint density at radius 2 is 2.32 bits per heavy atom. The molecule has 1 fully saturated rings. The normalized spacial score (nSPS) is 22.2. The van der Waals surface area contributed by atoms with Crippen molar-refractivity contribution in [3.8, 4) is 0 Å². The van der Waals surface area contributed by atoms with E-state index in [-0.39, 0.29) is 18.0 Å². The molecule has 2 amide bonds. The monoisotopic (exact) mass is 266 g/mol. The maximum Gasteiger partial charge on any atom is 0.320 e. The number of carbonyl (C=O) groups excluding carboxylic acids is 1. The van der Waals surface area contributed by atoms with Crippen LogP contribution < -0.4 is 10.6 Å². The lowest BCUT2D eigenvalue weighted by Gasteiger charge is -2.12. The van der Waals surface area contributed by atoms with Crippen LogP contribution in [0.1, 0.15) is 26.2 Å². The molecule has 1 aromatic rings. The molecule has 2 rings (SSSR count). The number of hydrogen-bond acceptors (Lipinski definition) is 3. The summed E-state index contributed by atoms with van der Waals surface area (Å²) in [4.78, 5) is 22.5. The van der Waals surface area contributed by atoms with E-state index in [1.165, 1.54) is 0 Å². The second kappa shape index (κ2) is 5.73. The summed E-state index contributed by atoms with van der Waals surface area (Å²) in [5.74, 6) is -0.636. The van der Waals surface area contributed by atoms with Gasteiger partial charge in [-0.25, -0.2) is 4.79 Å². The molecule has 19 heavy (non-hydrogen) atoms. The van der Waals surface area contributed by atoms with Crippen molar-refractivity contribution in [1.29, 1.82) is 0 Å². The van der Waals surface area contributed by atoms with Crippen molar-refractivity contribution in [3.05, 3.63) is 12.3 Å². The molecule has 2 atom stereocenters. The quantitative estimate of drug-likeness (QED) is 0.764. The molecule has 0 radical (unpaired) electrons. The molecule has 104 valence electrons. The largest absolute Gasteiger partial charge is 0.481 e. The molecule has 3 N–H and O–H groups in total. The Bertz CT molecular complexity index is 471. The number of carboxylic acids is 1. The molecule has 7 nitrogen and oxygen atoms in total. The molecule has 7 heteroatoms. The van der Waals surface area contributed by atoms with Gasteiger partial charge in [0, 0.05) is 24.8 Å². The zero-order valence-electron chi connectivity index (χ0n) is 10.8. The van der Waals surface area contributed by atoms with Crippen LogP contribution in [0.4, 0.5) is 10.6 Å². The van der Waals surface area contributed by atoms with Crippen molar-refractivity contribution in [2.75, 3.05) is 5.32 Å². The number of hydrogen-bond donors (Lipinski definition) is 3. The molecule has 1 aliphatic carbocycles. The van der Waals surface area contributed by atoms with Gasteiger partial charge in [-0.05, 0) is 26.2 Å². The highest BCUT2D eigenvalue weighted by Crippen LogP contribution is 2.25. The van der Waals surface area contributed by atoms with Gasteiger partial charge in [-0.2, -0.15) is 5.10 Å². The Morgan fingerprint density at radius 1 is 1.53 bits per heavy atom. The third-order valence-corrected chi connectivity index (χ3v) is 3.32. The van der Waals surface area contributed by atoms with Crippen molar-refractivity contribution >= 4 is 17.8 Å². The minimum Gasteiger partial charge on any atom is -0.481 e. The van der Waals surface area contributed by atoms with E-state index >= 15 is 0 Å². The number of amides is 2. The van der Waals surface area contributed by atoms with Crippen molar-refractivity contribution in [1.82, 2.24) is 15.1 Å². The van der Waals surface area contributed by atoms with E-state index in [0.717, 1.165) is 6.54 Å². The fraction of sp³-hybridized carbons (Fsp3) is 0.583. The lowest BCUT2D eigenvalue weighted by molar-refractivity contribution is -0.141. The standard InChI is InChI=1S/C12H18N4O3/c1-2-16-6-5-10(15-16)14-12(19)13-9-4-3-8(7-9)11(17)18/h5-6,8-9H,2-4,7H2,1H3,(H,17,18)(H2,13,14,15,19). The number of urea groups is 1. The fourth-order valence-corrected chi connectivity index (χ4v) is 2.28. The van der Waals surface area contributed by atoms with Gasteiger partial charge in [-0.15, -0.1) is 0 Å². The summed E-state index contributed by atoms with van der Waals surface area (Å²) in [7, 11) is 0. The number of aryl methyl sites for hydroxylation is 1. The summed E-state index contributed by atoms with van der Waals surface area (Å²) in [6.07, 6.45) is 3.59. The van der Waals surface area contributed by atoms with Crippen LogP contribution in [0.25, 0.3) is 0 Å². The molecular formula is C12H18N4O3. The number of rotatable bonds is 4. The van der Waals surface area contributed by atoms with E-state index in [1.807, 2.05) is 6.92 Å². The molecule has 1 heterocycles. The summed E-state index contributed by atoms with van der Waals surface area (Å²) in [6.45, 7) is 2.70. The lowest BCUT2D eigenvalue weighted by atomic mass is 10.1.